The van der Waals surface area contributed by atoms with E-state index in [0.29, 0.717) is 28.5 Å². The highest BCUT2D eigenvalue weighted by molar-refractivity contribution is 6.30. The van der Waals surface area contributed by atoms with Crippen molar-refractivity contribution in [2.75, 3.05) is 5.32 Å². The molecule has 0 aliphatic carbocycles. The molecule has 0 saturated carbocycles. The number of rotatable bonds is 6. The Morgan fingerprint density at radius 2 is 2.04 bits per heavy atom. The standard InChI is InChI=1S/C20H21ClFN5O/c1-3-18(14-8-6-9-16(21)11-14)23-20(28)24-19-13(2)27(26-25-19)12-15-7-4-5-10-17(15)22/h4-11,18H,3,12H2,1-2H3,(H2,23,24,28). The summed E-state index contributed by atoms with van der Waals surface area (Å²) in [6.07, 6.45) is 0.701. The minimum absolute atomic E-state index is 0.188. The third-order valence-electron chi connectivity index (χ3n) is 4.46. The van der Waals surface area contributed by atoms with Crippen molar-refractivity contribution in [1.29, 1.82) is 0 Å². The molecule has 3 aromatic rings. The van der Waals surface area contributed by atoms with Crippen LogP contribution in [0.15, 0.2) is 48.5 Å². The van der Waals surface area contributed by atoms with Crippen LogP contribution in [0.25, 0.3) is 0 Å². The highest BCUT2D eigenvalue weighted by Gasteiger charge is 2.16. The van der Waals surface area contributed by atoms with E-state index in [1.165, 1.54) is 6.07 Å². The summed E-state index contributed by atoms with van der Waals surface area (Å²) in [6, 6.07) is 13.3. The summed E-state index contributed by atoms with van der Waals surface area (Å²) in [4.78, 5) is 12.4. The first kappa shape index (κ1) is 19.8. The van der Waals surface area contributed by atoms with Crippen LogP contribution >= 0.6 is 11.6 Å². The average Bonchev–Trinajstić information content (AvgIpc) is 3.01. The van der Waals surface area contributed by atoms with Gasteiger partial charge in [0.15, 0.2) is 5.82 Å². The fourth-order valence-corrected chi connectivity index (χ4v) is 3.06. The van der Waals surface area contributed by atoms with E-state index in [-0.39, 0.29) is 18.4 Å². The Hall–Kier alpha value is -2.93. The summed E-state index contributed by atoms with van der Waals surface area (Å²) >= 11 is 6.04. The minimum Gasteiger partial charge on any atom is -0.331 e. The maximum Gasteiger partial charge on any atom is 0.320 e. The van der Waals surface area contributed by atoms with Gasteiger partial charge in [-0.05, 0) is 37.1 Å². The second kappa shape index (κ2) is 8.84. The Bertz CT molecular complexity index is 975. The molecule has 0 fully saturated rings. The predicted octanol–water partition coefficient (Wildman–Crippen LogP) is 4.70. The summed E-state index contributed by atoms with van der Waals surface area (Å²) < 4.78 is 15.4. The van der Waals surface area contributed by atoms with Crippen LogP contribution in [-0.2, 0) is 6.54 Å². The van der Waals surface area contributed by atoms with Crippen LogP contribution < -0.4 is 10.6 Å². The average molecular weight is 402 g/mol. The fraction of sp³-hybridized carbons (Fsp3) is 0.250. The molecule has 0 bridgehead atoms. The number of carbonyl (C=O) groups is 1. The van der Waals surface area contributed by atoms with Crippen LogP contribution in [0.5, 0.6) is 0 Å². The Morgan fingerprint density at radius 1 is 1.25 bits per heavy atom. The number of anilines is 1. The third kappa shape index (κ3) is 4.67. The number of urea groups is 1. The lowest BCUT2D eigenvalue weighted by atomic mass is 10.1. The number of amides is 2. The zero-order valence-electron chi connectivity index (χ0n) is 15.6. The van der Waals surface area contributed by atoms with Crippen molar-refractivity contribution in [3.8, 4) is 0 Å². The first-order chi connectivity index (χ1) is 13.5. The molecule has 2 aromatic carbocycles. The largest absolute Gasteiger partial charge is 0.331 e. The van der Waals surface area contributed by atoms with Crippen molar-refractivity contribution >= 4 is 23.4 Å². The molecule has 6 nitrogen and oxygen atoms in total. The van der Waals surface area contributed by atoms with Crippen LogP contribution in [0, 0.1) is 12.7 Å². The number of nitrogens with one attached hydrogen (secondary N) is 2. The topological polar surface area (TPSA) is 71.8 Å². The molecule has 0 spiro atoms. The molecule has 0 aliphatic heterocycles. The van der Waals surface area contributed by atoms with Gasteiger partial charge in [0.05, 0.1) is 18.3 Å². The van der Waals surface area contributed by atoms with Gasteiger partial charge in [-0.1, -0.05) is 54.1 Å². The Labute approximate surface area is 167 Å². The van der Waals surface area contributed by atoms with Crippen molar-refractivity contribution in [2.24, 2.45) is 0 Å². The molecule has 28 heavy (non-hydrogen) atoms. The van der Waals surface area contributed by atoms with Crippen molar-refractivity contribution < 1.29 is 9.18 Å². The molecule has 1 aromatic heterocycles. The summed E-state index contributed by atoms with van der Waals surface area (Å²) in [5.74, 6) is 0.0201. The molecule has 8 heteroatoms. The van der Waals surface area contributed by atoms with Gasteiger partial charge in [-0.25, -0.2) is 13.9 Å². The number of nitrogens with zero attached hydrogens (tertiary/aromatic N) is 3. The number of hydrogen-bond acceptors (Lipinski definition) is 3. The number of hydrogen-bond donors (Lipinski definition) is 2. The lowest BCUT2D eigenvalue weighted by Gasteiger charge is -2.17. The van der Waals surface area contributed by atoms with E-state index >= 15 is 0 Å². The van der Waals surface area contributed by atoms with Gasteiger partial charge in [-0.15, -0.1) is 5.10 Å². The molecule has 1 unspecified atom stereocenters. The first-order valence-corrected chi connectivity index (χ1v) is 9.32. The molecular weight excluding hydrogens is 381 g/mol. The number of carbonyl (C=O) groups excluding carboxylic acids is 1. The van der Waals surface area contributed by atoms with E-state index in [4.69, 9.17) is 11.6 Å². The van der Waals surface area contributed by atoms with Crippen LogP contribution in [-0.4, -0.2) is 21.0 Å². The normalized spacial score (nSPS) is 11.9. The van der Waals surface area contributed by atoms with Gasteiger partial charge in [-0.3, -0.25) is 5.32 Å². The summed E-state index contributed by atoms with van der Waals surface area (Å²) in [5.41, 5.74) is 2.05. The molecular formula is C20H21ClFN5O. The SMILES string of the molecule is CCC(NC(=O)Nc1nnn(Cc2ccccc2F)c1C)c1cccc(Cl)c1. The lowest BCUT2D eigenvalue weighted by molar-refractivity contribution is 0.248. The van der Waals surface area contributed by atoms with E-state index in [0.717, 1.165) is 5.56 Å². The van der Waals surface area contributed by atoms with Crippen LogP contribution in [0.3, 0.4) is 0 Å². The van der Waals surface area contributed by atoms with Gasteiger partial charge < -0.3 is 5.32 Å². The van der Waals surface area contributed by atoms with Crippen molar-refractivity contribution in [1.82, 2.24) is 20.3 Å². The van der Waals surface area contributed by atoms with E-state index in [1.54, 1.807) is 35.9 Å². The van der Waals surface area contributed by atoms with Gasteiger partial charge in [0, 0.05) is 10.6 Å². The smallest absolute Gasteiger partial charge is 0.320 e. The van der Waals surface area contributed by atoms with Crippen LogP contribution in [0.2, 0.25) is 5.02 Å². The Morgan fingerprint density at radius 3 is 2.75 bits per heavy atom. The molecule has 2 amide bonds. The predicted molar refractivity (Wildman–Crippen MR) is 107 cm³/mol. The molecule has 146 valence electrons. The fourth-order valence-electron chi connectivity index (χ4n) is 2.86. The monoisotopic (exact) mass is 401 g/mol. The van der Waals surface area contributed by atoms with Gasteiger partial charge in [0.1, 0.15) is 5.82 Å². The van der Waals surface area contributed by atoms with Crippen molar-refractivity contribution in [2.45, 2.75) is 32.9 Å². The highest BCUT2D eigenvalue weighted by Crippen LogP contribution is 2.21. The van der Waals surface area contributed by atoms with Crippen molar-refractivity contribution in [3.05, 3.63) is 76.2 Å². The summed E-state index contributed by atoms with van der Waals surface area (Å²) in [5, 5.41) is 14.2. The van der Waals surface area contributed by atoms with E-state index in [9.17, 15) is 9.18 Å². The maximum absolute atomic E-state index is 13.8. The second-order valence-corrected chi connectivity index (χ2v) is 6.82. The van der Waals surface area contributed by atoms with E-state index < -0.39 is 6.03 Å². The maximum atomic E-state index is 13.8. The van der Waals surface area contributed by atoms with Crippen LogP contribution in [0.1, 0.15) is 36.2 Å². The van der Waals surface area contributed by atoms with E-state index in [2.05, 4.69) is 20.9 Å². The molecule has 0 saturated heterocycles. The molecule has 2 N–H and O–H groups in total. The number of benzene rings is 2. The number of aromatic nitrogens is 3. The van der Waals surface area contributed by atoms with Gasteiger partial charge in [0.2, 0.25) is 0 Å². The first-order valence-electron chi connectivity index (χ1n) is 8.94. The molecule has 3 rings (SSSR count). The zero-order valence-corrected chi connectivity index (χ0v) is 16.4. The second-order valence-electron chi connectivity index (χ2n) is 6.39. The Kier molecular flexibility index (Phi) is 6.26. The summed E-state index contributed by atoms with van der Waals surface area (Å²) in [7, 11) is 0. The van der Waals surface area contributed by atoms with Crippen molar-refractivity contribution in [3.63, 3.8) is 0 Å². The quantitative estimate of drug-likeness (QED) is 0.628. The molecule has 1 atom stereocenters. The Balaban J connectivity index is 1.67. The van der Waals surface area contributed by atoms with Gasteiger partial charge in [0.25, 0.3) is 0 Å². The van der Waals surface area contributed by atoms with E-state index in [1.807, 2.05) is 25.1 Å². The van der Waals surface area contributed by atoms with Gasteiger partial charge in [-0.2, -0.15) is 0 Å². The lowest BCUT2D eigenvalue weighted by Crippen LogP contribution is -2.32. The minimum atomic E-state index is -0.395. The molecule has 0 radical (unpaired) electrons. The summed E-state index contributed by atoms with van der Waals surface area (Å²) in [6.45, 7) is 3.97. The van der Waals surface area contributed by atoms with Crippen LogP contribution in [0.4, 0.5) is 15.0 Å². The number of halogens is 2. The molecule has 0 aliphatic rings. The third-order valence-corrected chi connectivity index (χ3v) is 4.69. The zero-order chi connectivity index (χ0) is 20.1. The van der Waals surface area contributed by atoms with Gasteiger partial charge >= 0.3 is 6.03 Å². The highest BCUT2D eigenvalue weighted by atomic mass is 35.5. The molecule has 1 heterocycles.